The van der Waals surface area contributed by atoms with Gasteiger partial charge in [-0.3, -0.25) is 0 Å². The summed E-state index contributed by atoms with van der Waals surface area (Å²) in [6.07, 6.45) is 0. The van der Waals surface area contributed by atoms with E-state index in [1.807, 2.05) is 0 Å². The maximum absolute atomic E-state index is 4.29. The highest BCUT2D eigenvalue weighted by Crippen LogP contribution is 3.00. The zero-order valence-corrected chi connectivity index (χ0v) is 11.0. The van der Waals surface area contributed by atoms with Crippen LogP contribution in [-0.4, -0.2) is 0 Å². The Balaban J connectivity index is 3.46. The van der Waals surface area contributed by atoms with Crippen molar-refractivity contribution in [3.05, 3.63) is 0 Å². The van der Waals surface area contributed by atoms with E-state index in [0.717, 1.165) is 0 Å². The second-order valence-electron chi connectivity index (χ2n) is 0.848. The van der Waals surface area contributed by atoms with Gasteiger partial charge in [0.2, 0.25) is 0 Å². The number of hydrogen-bond donors (Lipinski definition) is 0. The minimum atomic E-state index is -0.452. The molecule has 0 aromatic heterocycles. The fourth-order valence-electron chi connectivity index (χ4n) is 0.0800. The molecule has 0 bridgehead atoms. The first-order valence-electron chi connectivity index (χ1n) is 1.45. The number of rotatable bonds is 2. The van der Waals surface area contributed by atoms with Crippen molar-refractivity contribution in [2.45, 2.75) is 0 Å². The summed E-state index contributed by atoms with van der Waals surface area (Å²) in [6, 6.07) is 0. The smallest absolute Gasteiger partial charge is 0.000000684 e. The van der Waals surface area contributed by atoms with Crippen LogP contribution in [-0.2, 0) is 0 Å². The third kappa shape index (κ3) is 5.14. The summed E-state index contributed by atoms with van der Waals surface area (Å²) in [6.45, 7) is -1.06. The summed E-state index contributed by atoms with van der Waals surface area (Å²) in [4.78, 5) is 0. The highest BCUT2D eigenvalue weighted by Gasteiger charge is 2.13. The molecule has 0 saturated heterocycles. The van der Waals surface area contributed by atoms with Crippen LogP contribution < -0.4 is 0 Å². The lowest BCUT2D eigenvalue weighted by atomic mass is 28.8. The van der Waals surface area contributed by atoms with E-state index in [4.69, 9.17) is 0 Å². The van der Waals surface area contributed by atoms with Crippen LogP contribution in [0.4, 0.5) is 0 Å². The summed E-state index contributed by atoms with van der Waals surface area (Å²) in [5, 5.41) is 0. The second-order valence-corrected chi connectivity index (χ2v) is 22.9. The molecule has 0 aliphatic carbocycles. The Morgan fingerprint density at radius 3 is 1.38 bits per heavy atom. The maximum atomic E-state index is 4.29. The molecule has 0 nitrogen and oxygen atoms in total. The Kier molecular flexibility index (Phi) is 8.60. The van der Waals surface area contributed by atoms with Crippen molar-refractivity contribution in [2.24, 2.45) is 0 Å². The van der Waals surface area contributed by atoms with Gasteiger partial charge in [0.15, 0.2) is 0 Å². The second kappa shape index (κ2) is 6.01. The molecule has 0 amide bonds. The van der Waals surface area contributed by atoms with E-state index in [1.165, 1.54) is 0 Å². The van der Waals surface area contributed by atoms with Crippen LogP contribution in [0.5, 0.6) is 0 Å². The average molecular weight is 250 g/mol. The molecule has 0 fully saturated rings. The van der Waals surface area contributed by atoms with Crippen molar-refractivity contribution in [1.29, 1.82) is 0 Å². The van der Waals surface area contributed by atoms with E-state index in [1.54, 1.807) is 0 Å². The normalized spacial score (nSPS) is 12.0. The molecular formula is H2P8. The van der Waals surface area contributed by atoms with Gasteiger partial charge in [0.05, 0.1) is 0 Å². The fourth-order valence-corrected chi connectivity index (χ4v) is 19.4. The van der Waals surface area contributed by atoms with Gasteiger partial charge >= 0.3 is 0 Å². The van der Waals surface area contributed by atoms with E-state index >= 15 is 0 Å². The van der Waals surface area contributed by atoms with Gasteiger partial charge in [0.1, 0.15) is 0 Å². The standard InChI is InChI=1S/H2P8/c1-6(2)8(5)7(3)4/h1-2H. The summed E-state index contributed by atoms with van der Waals surface area (Å²) in [5.74, 6) is 0. The highest BCUT2D eigenvalue weighted by molar-refractivity contribution is 9.06. The monoisotopic (exact) mass is 250 g/mol. The molecule has 0 rings (SSSR count). The summed E-state index contributed by atoms with van der Waals surface area (Å²) in [7, 11) is 19.5. The summed E-state index contributed by atoms with van der Waals surface area (Å²) >= 11 is 0. The first-order chi connectivity index (χ1) is 3.55. The zero-order chi connectivity index (χ0) is 6.73. The van der Waals surface area contributed by atoms with Crippen molar-refractivity contribution in [2.75, 3.05) is 0 Å². The lowest BCUT2D eigenvalue weighted by Crippen LogP contribution is -1.27. The van der Waals surface area contributed by atoms with Crippen molar-refractivity contribution in [3.8, 4) is 0 Å². The van der Waals surface area contributed by atoms with E-state index in [9.17, 15) is 0 Å². The third-order valence-electron chi connectivity index (χ3n) is 0.339. The Morgan fingerprint density at radius 1 is 1.00 bits per heavy atom. The van der Waals surface area contributed by atoms with Crippen LogP contribution in [0.2, 0.25) is 0 Å². The van der Waals surface area contributed by atoms with Gasteiger partial charge in [-0.15, -0.1) is 0 Å². The molecule has 0 aliphatic rings. The maximum Gasteiger partial charge on any atom is -0.000000684 e. The zero-order valence-electron chi connectivity index (χ0n) is 3.68. The lowest BCUT2D eigenvalue weighted by molar-refractivity contribution is 4.79. The first kappa shape index (κ1) is 11.4. The molecule has 1 atom stereocenters. The van der Waals surface area contributed by atoms with Gasteiger partial charge < -0.3 is 0 Å². The molecule has 0 saturated carbocycles. The topological polar surface area (TPSA) is 0 Å². The van der Waals surface area contributed by atoms with Crippen LogP contribution in [0.1, 0.15) is 0 Å². The van der Waals surface area contributed by atoms with Gasteiger partial charge in [-0.2, -0.15) is 0 Å². The van der Waals surface area contributed by atoms with Crippen molar-refractivity contribution >= 4 is 65.6 Å². The molecule has 8 heavy (non-hydrogen) atoms. The van der Waals surface area contributed by atoms with Crippen LogP contribution >= 0.6 is 65.6 Å². The first-order valence-corrected chi connectivity index (χ1v) is 13.0. The van der Waals surface area contributed by atoms with E-state index in [0.29, 0.717) is 0 Å². The Bertz CT molecular complexity index is 45.1. The molecule has 0 aromatic rings. The van der Waals surface area contributed by atoms with Crippen molar-refractivity contribution < 1.29 is 0 Å². The van der Waals surface area contributed by atoms with Crippen molar-refractivity contribution in [3.63, 3.8) is 0 Å². The Morgan fingerprint density at radius 2 is 1.38 bits per heavy atom. The molecule has 0 heterocycles. The highest BCUT2D eigenvalue weighted by atomic mass is 33.1. The molecule has 0 spiro atoms. The van der Waals surface area contributed by atoms with Crippen LogP contribution in [0, 0.1) is 0 Å². The molecule has 8 radical (unpaired) electrons. The minimum Gasteiger partial charge on any atom is -0.0587 e. The lowest BCUT2D eigenvalue weighted by Gasteiger charge is -2.14. The minimum absolute atomic E-state index is 0.285. The van der Waals surface area contributed by atoms with Gasteiger partial charge in [-0.25, -0.2) is 0 Å². The number of hydrogen-bond acceptors (Lipinski definition) is 0. The molecule has 0 aromatic carbocycles. The molecule has 0 N–H and O–H groups in total. The fraction of sp³-hybridized carbons (Fsp3) is 0. The van der Waals surface area contributed by atoms with E-state index in [2.05, 4.69) is 44.6 Å². The van der Waals surface area contributed by atoms with Crippen LogP contribution in [0.15, 0.2) is 0 Å². The molecular weight excluding hydrogens is 248 g/mol. The SMILES string of the molecule is [P]P([P])P([P])P([PH])[PH]. The molecule has 1 unspecified atom stereocenters. The predicted octanol–water partition coefficient (Wildman–Crippen LogP) is 6.35. The Hall–Kier alpha value is 3.44. The van der Waals surface area contributed by atoms with Gasteiger partial charge in [0, 0.05) is 0 Å². The molecule has 8 heteroatoms. The summed E-state index contributed by atoms with van der Waals surface area (Å²) in [5.41, 5.74) is 0. The van der Waals surface area contributed by atoms with Gasteiger partial charge in [-0.05, 0) is 47.7 Å². The van der Waals surface area contributed by atoms with Gasteiger partial charge in [-0.1, -0.05) is 17.9 Å². The third-order valence-corrected chi connectivity index (χ3v) is 27.4. The van der Waals surface area contributed by atoms with Crippen LogP contribution in [0.25, 0.3) is 0 Å². The van der Waals surface area contributed by atoms with Crippen LogP contribution in [0.3, 0.4) is 0 Å². The van der Waals surface area contributed by atoms with E-state index < -0.39 is 6.99 Å². The van der Waals surface area contributed by atoms with E-state index in [-0.39, 0.29) is 14.0 Å². The Labute approximate surface area is 65.8 Å². The van der Waals surface area contributed by atoms with Gasteiger partial charge in [0.25, 0.3) is 0 Å². The predicted molar refractivity (Wildman–Crippen MR) is 58.2 cm³/mol. The quantitative estimate of drug-likeness (QED) is 0.500. The largest absolute Gasteiger partial charge is 0.0587 e. The van der Waals surface area contributed by atoms with Crippen molar-refractivity contribution in [1.82, 2.24) is 0 Å². The molecule has 0 aliphatic heterocycles. The average Bonchev–Trinajstić information content (AvgIpc) is 1.64. The summed E-state index contributed by atoms with van der Waals surface area (Å²) < 4.78 is 0. The molecule has 42 valence electrons.